The lowest BCUT2D eigenvalue weighted by molar-refractivity contribution is 1.31. The van der Waals surface area contributed by atoms with E-state index in [2.05, 4.69) is 19.5 Å². The van der Waals surface area contributed by atoms with Gasteiger partial charge in [0.25, 0.3) is 0 Å². The van der Waals surface area contributed by atoms with Crippen LogP contribution >= 0.6 is 23.9 Å². The predicted molar refractivity (Wildman–Crippen MR) is 44.9 cm³/mol. The normalized spacial score (nSPS) is 17.4. The van der Waals surface area contributed by atoms with Gasteiger partial charge in [-0.15, -0.1) is 0 Å². The monoisotopic (exact) mass is 171 g/mol. The maximum Gasteiger partial charge on any atom is 0.0924 e. The third-order valence-electron chi connectivity index (χ3n) is 1.13. The second-order valence-corrected chi connectivity index (χ2v) is 3.53. The lowest BCUT2D eigenvalue weighted by atomic mass is 10.5. The zero-order chi connectivity index (χ0) is 6.81. The highest BCUT2D eigenvalue weighted by atomic mass is 32.2. The Morgan fingerprint density at radius 2 is 2.50 bits per heavy atom. The number of nitrogens with one attached hydrogen (secondary N) is 2. The van der Waals surface area contributed by atoms with E-state index in [0.29, 0.717) is 0 Å². The van der Waals surface area contributed by atoms with E-state index in [1.165, 1.54) is 4.91 Å². The van der Waals surface area contributed by atoms with E-state index in [0.717, 1.165) is 5.69 Å². The minimum Gasteiger partial charge on any atom is -0.344 e. The first-order chi connectivity index (χ1) is 4.97. The first-order valence-corrected chi connectivity index (χ1v) is 4.43. The molecule has 52 valence electrons. The van der Waals surface area contributed by atoms with Gasteiger partial charge in [0, 0.05) is 5.41 Å². The molecule has 1 aromatic rings. The summed E-state index contributed by atoms with van der Waals surface area (Å²) in [5, 5.41) is 2.05. The Kier molecular flexibility index (Phi) is 1.70. The number of rotatable bonds is 1. The van der Waals surface area contributed by atoms with Crippen molar-refractivity contribution in [2.24, 2.45) is 0 Å². The molecule has 0 atom stereocenters. The summed E-state index contributed by atoms with van der Waals surface area (Å²) in [5.74, 6) is 0. The molecular formula is C5H5N3S2. The molecule has 2 N–H and O–H groups in total. The molecule has 0 saturated heterocycles. The smallest absolute Gasteiger partial charge is 0.0924 e. The SMILES string of the molecule is C1=C(c2cnc[nH]2)SNS1. The van der Waals surface area contributed by atoms with E-state index in [4.69, 9.17) is 0 Å². The summed E-state index contributed by atoms with van der Waals surface area (Å²) in [6.07, 6.45) is 3.49. The van der Waals surface area contributed by atoms with Crippen LogP contribution in [0.2, 0.25) is 0 Å². The number of aromatic nitrogens is 2. The van der Waals surface area contributed by atoms with Gasteiger partial charge in [0.2, 0.25) is 0 Å². The fourth-order valence-corrected chi connectivity index (χ4v) is 2.22. The zero-order valence-electron chi connectivity index (χ0n) is 5.00. The highest BCUT2D eigenvalue weighted by Crippen LogP contribution is 2.32. The van der Waals surface area contributed by atoms with Crippen LogP contribution in [0.5, 0.6) is 0 Å². The van der Waals surface area contributed by atoms with Gasteiger partial charge in [0.15, 0.2) is 0 Å². The summed E-state index contributed by atoms with van der Waals surface area (Å²) in [5.41, 5.74) is 1.07. The van der Waals surface area contributed by atoms with Crippen LogP contribution < -0.4 is 4.13 Å². The van der Waals surface area contributed by atoms with Gasteiger partial charge in [0.1, 0.15) is 0 Å². The van der Waals surface area contributed by atoms with E-state index >= 15 is 0 Å². The van der Waals surface area contributed by atoms with Crippen LogP contribution in [0.1, 0.15) is 5.69 Å². The second kappa shape index (κ2) is 2.69. The Hall–Kier alpha value is -0.390. The van der Waals surface area contributed by atoms with E-state index < -0.39 is 0 Å². The van der Waals surface area contributed by atoms with Crippen LogP contribution in [-0.4, -0.2) is 9.97 Å². The van der Waals surface area contributed by atoms with Crippen molar-refractivity contribution in [2.75, 3.05) is 0 Å². The van der Waals surface area contributed by atoms with Crippen LogP contribution in [0.3, 0.4) is 0 Å². The van der Waals surface area contributed by atoms with Crippen LogP contribution in [-0.2, 0) is 0 Å². The van der Waals surface area contributed by atoms with Crippen LogP contribution in [0.25, 0.3) is 4.91 Å². The van der Waals surface area contributed by atoms with Gasteiger partial charge in [-0.25, -0.2) is 4.98 Å². The standard InChI is InChI=1S/C5H5N3S2/c1-4(7-3-6-1)5-2-9-8-10-5/h1-3,8H,(H,6,7). The molecule has 0 saturated carbocycles. The first-order valence-electron chi connectivity index (χ1n) is 2.73. The van der Waals surface area contributed by atoms with Crippen molar-refractivity contribution in [1.29, 1.82) is 0 Å². The average Bonchev–Trinajstić information content (AvgIpc) is 2.59. The van der Waals surface area contributed by atoms with Gasteiger partial charge in [-0.1, -0.05) is 0 Å². The largest absolute Gasteiger partial charge is 0.344 e. The Morgan fingerprint density at radius 3 is 3.10 bits per heavy atom. The van der Waals surface area contributed by atoms with Crippen molar-refractivity contribution < 1.29 is 0 Å². The molecule has 0 spiro atoms. The number of imidazole rings is 1. The van der Waals surface area contributed by atoms with Crippen molar-refractivity contribution in [2.45, 2.75) is 0 Å². The highest BCUT2D eigenvalue weighted by molar-refractivity contribution is 8.22. The fraction of sp³-hybridized carbons (Fsp3) is 0. The third kappa shape index (κ3) is 1.07. The zero-order valence-corrected chi connectivity index (χ0v) is 6.63. The molecule has 10 heavy (non-hydrogen) atoms. The van der Waals surface area contributed by atoms with E-state index in [1.54, 1.807) is 30.2 Å². The number of hydrogen-bond donors (Lipinski definition) is 2. The van der Waals surface area contributed by atoms with Gasteiger partial charge in [-0.05, 0) is 23.9 Å². The second-order valence-electron chi connectivity index (χ2n) is 1.75. The maximum absolute atomic E-state index is 3.92. The fourth-order valence-electron chi connectivity index (χ4n) is 0.680. The predicted octanol–water partition coefficient (Wildman–Crippen LogP) is 1.61. The van der Waals surface area contributed by atoms with Crippen molar-refractivity contribution in [3.63, 3.8) is 0 Å². The van der Waals surface area contributed by atoms with E-state index in [-0.39, 0.29) is 0 Å². The Morgan fingerprint density at radius 1 is 1.50 bits per heavy atom. The lowest BCUT2D eigenvalue weighted by Crippen LogP contribution is -1.79. The number of hydrogen-bond acceptors (Lipinski definition) is 4. The summed E-state index contributed by atoms with van der Waals surface area (Å²) in [6, 6.07) is 0. The third-order valence-corrected chi connectivity index (χ3v) is 2.91. The molecule has 0 aromatic carbocycles. The van der Waals surface area contributed by atoms with Gasteiger partial charge >= 0.3 is 0 Å². The quantitative estimate of drug-likeness (QED) is 0.630. The van der Waals surface area contributed by atoms with E-state index in [1.807, 2.05) is 6.20 Å². The topological polar surface area (TPSA) is 40.7 Å². The maximum atomic E-state index is 3.92. The lowest BCUT2D eigenvalue weighted by Gasteiger charge is -1.91. The average molecular weight is 171 g/mol. The summed E-state index contributed by atoms with van der Waals surface area (Å²) < 4.78 is 3.05. The molecule has 0 aliphatic carbocycles. The van der Waals surface area contributed by atoms with Crippen LogP contribution in [0, 0.1) is 0 Å². The van der Waals surface area contributed by atoms with Crippen LogP contribution in [0.15, 0.2) is 17.9 Å². The summed E-state index contributed by atoms with van der Waals surface area (Å²) >= 11 is 3.19. The molecule has 0 bridgehead atoms. The van der Waals surface area contributed by atoms with Gasteiger partial charge in [-0.3, -0.25) is 0 Å². The number of nitrogens with zero attached hydrogens (tertiary/aromatic N) is 1. The summed E-state index contributed by atoms with van der Waals surface area (Å²) in [7, 11) is 0. The number of aromatic amines is 1. The Bertz CT molecular complexity index is 241. The molecule has 0 unspecified atom stereocenters. The molecule has 5 heteroatoms. The van der Waals surface area contributed by atoms with Gasteiger partial charge < -0.3 is 4.98 Å². The van der Waals surface area contributed by atoms with Crippen molar-refractivity contribution in [3.05, 3.63) is 23.6 Å². The van der Waals surface area contributed by atoms with Gasteiger partial charge in [-0.2, -0.15) is 4.13 Å². The summed E-state index contributed by atoms with van der Waals surface area (Å²) in [4.78, 5) is 8.14. The van der Waals surface area contributed by atoms with E-state index in [9.17, 15) is 0 Å². The highest BCUT2D eigenvalue weighted by Gasteiger charge is 2.08. The minimum atomic E-state index is 1.07. The molecule has 1 aliphatic heterocycles. The van der Waals surface area contributed by atoms with Crippen LogP contribution in [0.4, 0.5) is 0 Å². The molecule has 1 aromatic heterocycles. The molecule has 2 rings (SSSR count). The first kappa shape index (κ1) is 6.33. The molecule has 1 aliphatic rings. The van der Waals surface area contributed by atoms with Crippen molar-refractivity contribution in [1.82, 2.24) is 14.1 Å². The molecule has 0 radical (unpaired) electrons. The molecule has 0 fully saturated rings. The summed E-state index contributed by atoms with van der Waals surface area (Å²) in [6.45, 7) is 0. The molecule has 3 nitrogen and oxygen atoms in total. The van der Waals surface area contributed by atoms with Crippen molar-refractivity contribution >= 4 is 28.8 Å². The Balaban J connectivity index is 2.28. The van der Waals surface area contributed by atoms with Gasteiger partial charge in [0.05, 0.1) is 23.1 Å². The number of H-pyrrole nitrogens is 1. The Labute approximate surface area is 67.0 Å². The molecule has 2 heterocycles. The molecule has 0 amide bonds. The van der Waals surface area contributed by atoms with Crippen molar-refractivity contribution in [3.8, 4) is 0 Å². The molecular weight excluding hydrogens is 166 g/mol. The minimum absolute atomic E-state index is 1.07.